The maximum absolute atomic E-state index is 14.5. The van der Waals surface area contributed by atoms with Crippen molar-refractivity contribution in [1.82, 2.24) is 5.32 Å². The van der Waals surface area contributed by atoms with Crippen molar-refractivity contribution in [1.29, 1.82) is 0 Å². The van der Waals surface area contributed by atoms with Crippen LogP contribution >= 0.6 is 0 Å². The van der Waals surface area contributed by atoms with Crippen LogP contribution in [0.15, 0.2) is 53.4 Å². The molecule has 29 heavy (non-hydrogen) atoms. The largest absolute Gasteiger partial charge is 0.459 e. The Morgan fingerprint density at radius 1 is 1.03 bits per heavy atom. The molecule has 2 aromatic carbocycles. The maximum Gasteiger partial charge on any atom is 0.323 e. The highest BCUT2D eigenvalue weighted by atomic mass is 32.2. The number of hydrogen-bond acceptors (Lipinski definition) is 5. The highest BCUT2D eigenvalue weighted by molar-refractivity contribution is 7.92. The van der Waals surface area contributed by atoms with Crippen LogP contribution in [-0.2, 0) is 19.4 Å². The standard InChI is InChI=1S/C21H23F2NO4S/c1-21(2,3)28-20(25)16-12-18(19(24-16)13-8-4-5-9-14(13)22)29(26,27)17-11-7-6-10-15(17)23/h4-11,16,18-19,24H,12H2,1-3H3. The molecule has 156 valence electrons. The van der Waals surface area contributed by atoms with Crippen molar-refractivity contribution in [3.63, 3.8) is 0 Å². The second-order valence-corrected chi connectivity index (χ2v) is 10.1. The predicted octanol–water partition coefficient (Wildman–Crippen LogP) is 3.55. The topological polar surface area (TPSA) is 72.5 Å². The van der Waals surface area contributed by atoms with E-state index < -0.39 is 55.3 Å². The molecule has 2 aromatic rings. The number of hydrogen-bond donors (Lipinski definition) is 1. The number of nitrogens with one attached hydrogen (secondary N) is 1. The van der Waals surface area contributed by atoms with Gasteiger partial charge in [-0.25, -0.2) is 17.2 Å². The number of rotatable bonds is 4. The fraction of sp³-hybridized carbons (Fsp3) is 0.381. The van der Waals surface area contributed by atoms with Gasteiger partial charge in [-0.2, -0.15) is 0 Å². The molecule has 0 saturated carbocycles. The summed E-state index contributed by atoms with van der Waals surface area (Å²) in [5, 5.41) is 1.66. The Morgan fingerprint density at radius 2 is 1.62 bits per heavy atom. The summed E-state index contributed by atoms with van der Waals surface area (Å²) in [5.74, 6) is -2.13. The van der Waals surface area contributed by atoms with Crippen LogP contribution in [0.2, 0.25) is 0 Å². The molecule has 3 unspecified atom stereocenters. The van der Waals surface area contributed by atoms with Gasteiger partial charge in [0.25, 0.3) is 0 Å². The Bertz CT molecular complexity index is 1020. The minimum Gasteiger partial charge on any atom is -0.459 e. The van der Waals surface area contributed by atoms with Gasteiger partial charge >= 0.3 is 5.97 Å². The molecule has 1 aliphatic heterocycles. The summed E-state index contributed by atoms with van der Waals surface area (Å²) >= 11 is 0. The summed E-state index contributed by atoms with van der Waals surface area (Å²) in [5.41, 5.74) is -0.669. The fourth-order valence-corrected chi connectivity index (χ4v) is 5.42. The first-order valence-corrected chi connectivity index (χ1v) is 10.8. The Labute approximate surface area is 169 Å². The molecule has 8 heteroatoms. The Balaban J connectivity index is 2.03. The number of esters is 1. The first-order chi connectivity index (χ1) is 13.5. The molecule has 0 amide bonds. The third-order valence-corrected chi connectivity index (χ3v) is 6.90. The average Bonchev–Trinajstić information content (AvgIpc) is 3.07. The van der Waals surface area contributed by atoms with E-state index in [1.807, 2.05) is 0 Å². The second kappa shape index (κ2) is 7.84. The molecule has 0 bridgehead atoms. The van der Waals surface area contributed by atoms with Gasteiger partial charge < -0.3 is 4.74 Å². The lowest BCUT2D eigenvalue weighted by Crippen LogP contribution is -2.38. The van der Waals surface area contributed by atoms with Crippen molar-refractivity contribution in [2.75, 3.05) is 0 Å². The van der Waals surface area contributed by atoms with E-state index >= 15 is 0 Å². The van der Waals surface area contributed by atoms with Crippen LogP contribution in [0.5, 0.6) is 0 Å². The van der Waals surface area contributed by atoms with Crippen molar-refractivity contribution < 1.29 is 26.7 Å². The summed E-state index contributed by atoms with van der Waals surface area (Å²) in [6.45, 7) is 5.09. The molecule has 0 spiro atoms. The van der Waals surface area contributed by atoms with Gasteiger partial charge in [-0.3, -0.25) is 10.1 Å². The molecule has 0 aromatic heterocycles. The first-order valence-electron chi connectivity index (χ1n) is 9.22. The van der Waals surface area contributed by atoms with Crippen molar-refractivity contribution in [3.05, 3.63) is 65.7 Å². The molecule has 0 aliphatic carbocycles. The molecular weight excluding hydrogens is 400 g/mol. The maximum atomic E-state index is 14.5. The van der Waals surface area contributed by atoms with Crippen LogP contribution < -0.4 is 5.32 Å². The van der Waals surface area contributed by atoms with Crippen molar-refractivity contribution >= 4 is 15.8 Å². The van der Waals surface area contributed by atoms with Gasteiger partial charge in [-0.15, -0.1) is 0 Å². The minimum atomic E-state index is -4.21. The van der Waals surface area contributed by atoms with E-state index in [1.165, 1.54) is 36.4 Å². The average molecular weight is 423 g/mol. The summed E-state index contributed by atoms with van der Waals surface area (Å²) in [6.07, 6.45) is -0.162. The van der Waals surface area contributed by atoms with Crippen LogP contribution in [0.3, 0.4) is 0 Å². The zero-order valence-electron chi connectivity index (χ0n) is 16.4. The highest BCUT2D eigenvalue weighted by Crippen LogP contribution is 2.37. The van der Waals surface area contributed by atoms with Crippen molar-refractivity contribution in [2.24, 2.45) is 0 Å². The molecular formula is C21H23F2NO4S. The summed E-state index contributed by atoms with van der Waals surface area (Å²) in [4.78, 5) is 12.1. The van der Waals surface area contributed by atoms with Gasteiger partial charge in [-0.1, -0.05) is 30.3 Å². The van der Waals surface area contributed by atoms with E-state index in [1.54, 1.807) is 26.8 Å². The van der Waals surface area contributed by atoms with Crippen LogP contribution in [0.4, 0.5) is 8.78 Å². The summed E-state index contributed by atoms with van der Waals surface area (Å²) in [7, 11) is -4.21. The molecule has 1 N–H and O–H groups in total. The molecule has 1 fully saturated rings. The van der Waals surface area contributed by atoms with E-state index in [-0.39, 0.29) is 12.0 Å². The van der Waals surface area contributed by atoms with Gasteiger partial charge in [0.1, 0.15) is 28.2 Å². The fourth-order valence-electron chi connectivity index (χ4n) is 3.46. The lowest BCUT2D eigenvalue weighted by Gasteiger charge is -2.22. The quantitative estimate of drug-likeness (QED) is 0.762. The van der Waals surface area contributed by atoms with Crippen LogP contribution in [0.1, 0.15) is 38.8 Å². The number of carbonyl (C=O) groups excluding carboxylic acids is 1. The molecule has 1 heterocycles. The second-order valence-electron chi connectivity index (χ2n) is 8.00. The minimum absolute atomic E-state index is 0.100. The molecule has 3 rings (SSSR count). The van der Waals surface area contributed by atoms with Crippen molar-refractivity contribution in [3.8, 4) is 0 Å². The number of sulfone groups is 1. The third kappa shape index (κ3) is 4.48. The zero-order chi connectivity index (χ0) is 21.4. The highest BCUT2D eigenvalue weighted by Gasteiger charge is 2.48. The van der Waals surface area contributed by atoms with E-state index in [0.717, 1.165) is 6.07 Å². The van der Waals surface area contributed by atoms with E-state index in [2.05, 4.69) is 5.32 Å². The Morgan fingerprint density at radius 3 is 2.21 bits per heavy atom. The Hall–Kier alpha value is -2.32. The number of benzene rings is 2. The first kappa shape index (κ1) is 21.4. The van der Waals surface area contributed by atoms with Gasteiger partial charge in [0.15, 0.2) is 9.84 Å². The monoisotopic (exact) mass is 423 g/mol. The van der Waals surface area contributed by atoms with E-state index in [4.69, 9.17) is 4.74 Å². The molecule has 3 atom stereocenters. The summed E-state index contributed by atoms with van der Waals surface area (Å²) < 4.78 is 60.6. The van der Waals surface area contributed by atoms with Crippen LogP contribution in [-0.4, -0.2) is 31.3 Å². The van der Waals surface area contributed by atoms with Gasteiger partial charge in [0.2, 0.25) is 0 Å². The van der Waals surface area contributed by atoms with Crippen LogP contribution in [0.25, 0.3) is 0 Å². The predicted molar refractivity (Wildman–Crippen MR) is 104 cm³/mol. The molecule has 5 nitrogen and oxygen atoms in total. The zero-order valence-corrected chi connectivity index (χ0v) is 17.2. The van der Waals surface area contributed by atoms with Gasteiger partial charge in [0, 0.05) is 5.56 Å². The van der Waals surface area contributed by atoms with E-state index in [9.17, 15) is 22.0 Å². The Kier molecular flexibility index (Phi) is 5.78. The molecule has 1 aliphatic rings. The van der Waals surface area contributed by atoms with Crippen LogP contribution in [0, 0.1) is 11.6 Å². The van der Waals surface area contributed by atoms with Gasteiger partial charge in [0.05, 0.1) is 11.3 Å². The smallest absolute Gasteiger partial charge is 0.323 e. The lowest BCUT2D eigenvalue weighted by molar-refractivity contribution is -0.157. The number of halogens is 2. The molecule has 1 saturated heterocycles. The number of carbonyl (C=O) groups is 1. The van der Waals surface area contributed by atoms with Gasteiger partial charge in [-0.05, 0) is 45.4 Å². The van der Waals surface area contributed by atoms with E-state index in [0.29, 0.717) is 0 Å². The van der Waals surface area contributed by atoms with Crippen molar-refractivity contribution in [2.45, 2.75) is 55.0 Å². The number of ether oxygens (including phenoxy) is 1. The lowest BCUT2D eigenvalue weighted by atomic mass is 10.0. The summed E-state index contributed by atoms with van der Waals surface area (Å²) in [6, 6.07) is 8.76. The third-order valence-electron chi connectivity index (χ3n) is 4.69. The normalized spacial score (nSPS) is 22.4. The SMILES string of the molecule is CC(C)(C)OC(=O)C1CC(S(=O)(=O)c2ccccc2F)C(c2ccccc2F)N1. The molecule has 0 radical (unpaired) electrons.